The first-order chi connectivity index (χ1) is 8.43. The molecule has 1 aromatic carbocycles. The summed E-state index contributed by atoms with van der Waals surface area (Å²) in [4.78, 5) is 0.0527. The van der Waals surface area contributed by atoms with Crippen molar-refractivity contribution in [3.05, 3.63) is 29.6 Å². The van der Waals surface area contributed by atoms with Crippen LogP contribution in [0.25, 0.3) is 0 Å². The van der Waals surface area contributed by atoms with Crippen LogP contribution in [0.4, 0.5) is 4.39 Å². The van der Waals surface area contributed by atoms with Gasteiger partial charge in [-0.25, -0.2) is 12.8 Å². The maximum atomic E-state index is 13.2. The molecule has 0 aromatic heterocycles. The van der Waals surface area contributed by atoms with E-state index in [0.29, 0.717) is 12.1 Å². The zero-order valence-electron chi connectivity index (χ0n) is 10.5. The summed E-state index contributed by atoms with van der Waals surface area (Å²) in [5, 5.41) is 3.12. The molecule has 2 rings (SSSR count). The maximum Gasteiger partial charge on any atom is 0.243 e. The molecule has 1 aromatic rings. The van der Waals surface area contributed by atoms with Crippen molar-refractivity contribution >= 4 is 10.0 Å². The van der Waals surface area contributed by atoms with Gasteiger partial charge in [0.15, 0.2) is 0 Å². The molecule has 0 spiro atoms. The second-order valence-electron chi connectivity index (χ2n) is 4.58. The van der Waals surface area contributed by atoms with Crippen molar-refractivity contribution in [3.8, 4) is 0 Å². The highest BCUT2D eigenvalue weighted by atomic mass is 32.2. The molecule has 0 radical (unpaired) electrons. The number of benzene rings is 1. The molecule has 100 valence electrons. The first kappa shape index (κ1) is 13.5. The third-order valence-corrected chi connectivity index (χ3v) is 5.41. The number of likely N-dealkylation sites (N-methyl/N-ethyl adjacent to an activating group) is 1. The van der Waals surface area contributed by atoms with Crippen LogP contribution in [0.1, 0.15) is 12.0 Å². The van der Waals surface area contributed by atoms with Gasteiger partial charge in [-0.15, -0.1) is 0 Å². The van der Waals surface area contributed by atoms with E-state index in [9.17, 15) is 12.8 Å². The first-order valence-electron chi connectivity index (χ1n) is 5.88. The summed E-state index contributed by atoms with van der Waals surface area (Å²) < 4.78 is 39.4. The van der Waals surface area contributed by atoms with Crippen molar-refractivity contribution in [2.45, 2.75) is 24.3 Å². The van der Waals surface area contributed by atoms with Gasteiger partial charge in [0.25, 0.3) is 0 Å². The normalized spacial score (nSPS) is 20.6. The van der Waals surface area contributed by atoms with E-state index in [2.05, 4.69) is 5.32 Å². The number of hydrogen-bond donors (Lipinski definition) is 1. The number of sulfonamides is 1. The summed E-state index contributed by atoms with van der Waals surface area (Å²) in [6.07, 6.45) is 0.782. The molecule has 1 N–H and O–H groups in total. The van der Waals surface area contributed by atoms with Gasteiger partial charge in [0.05, 0.1) is 4.90 Å². The molecular weight excluding hydrogens is 255 g/mol. The van der Waals surface area contributed by atoms with E-state index < -0.39 is 15.8 Å². The molecule has 1 aliphatic heterocycles. The van der Waals surface area contributed by atoms with Gasteiger partial charge in [-0.1, -0.05) is 6.07 Å². The highest BCUT2D eigenvalue weighted by Gasteiger charge is 2.31. The Labute approximate surface area is 107 Å². The lowest BCUT2D eigenvalue weighted by molar-refractivity contribution is 0.387. The second kappa shape index (κ2) is 4.95. The minimum atomic E-state index is -3.62. The highest BCUT2D eigenvalue weighted by molar-refractivity contribution is 7.89. The standard InChI is InChI=1S/C12H17FN2O2S/c1-9-3-4-10(13)7-12(9)18(16,17)15(2)11-5-6-14-8-11/h3-4,7,11,14H,5-6,8H2,1-2H3. The van der Waals surface area contributed by atoms with E-state index in [1.165, 1.54) is 16.4 Å². The molecule has 1 unspecified atom stereocenters. The monoisotopic (exact) mass is 272 g/mol. The van der Waals surface area contributed by atoms with Crippen LogP contribution in [-0.4, -0.2) is 38.9 Å². The lowest BCUT2D eigenvalue weighted by Gasteiger charge is -2.24. The lowest BCUT2D eigenvalue weighted by Crippen LogP contribution is -2.38. The van der Waals surface area contributed by atoms with Crippen molar-refractivity contribution in [3.63, 3.8) is 0 Å². The van der Waals surface area contributed by atoms with E-state index in [4.69, 9.17) is 0 Å². The third-order valence-electron chi connectivity index (χ3n) is 3.36. The van der Waals surface area contributed by atoms with Crippen LogP contribution < -0.4 is 5.32 Å². The van der Waals surface area contributed by atoms with E-state index >= 15 is 0 Å². The largest absolute Gasteiger partial charge is 0.315 e. The Morgan fingerprint density at radius 2 is 2.17 bits per heavy atom. The van der Waals surface area contributed by atoms with Gasteiger partial charge in [0.1, 0.15) is 5.82 Å². The summed E-state index contributed by atoms with van der Waals surface area (Å²) in [5.74, 6) is -0.530. The predicted molar refractivity (Wildman–Crippen MR) is 67.4 cm³/mol. The van der Waals surface area contributed by atoms with E-state index in [-0.39, 0.29) is 10.9 Å². The van der Waals surface area contributed by atoms with Gasteiger partial charge in [0, 0.05) is 19.6 Å². The van der Waals surface area contributed by atoms with Crippen LogP contribution in [0.2, 0.25) is 0 Å². The SMILES string of the molecule is Cc1ccc(F)cc1S(=O)(=O)N(C)C1CCNC1. The fraction of sp³-hybridized carbons (Fsp3) is 0.500. The number of nitrogens with zero attached hydrogens (tertiary/aromatic N) is 1. The molecule has 1 aliphatic rings. The van der Waals surface area contributed by atoms with E-state index in [0.717, 1.165) is 19.0 Å². The topological polar surface area (TPSA) is 49.4 Å². The molecule has 1 atom stereocenters. The fourth-order valence-electron chi connectivity index (χ4n) is 2.15. The van der Waals surface area contributed by atoms with Crippen LogP contribution >= 0.6 is 0 Å². The number of nitrogens with one attached hydrogen (secondary N) is 1. The molecule has 0 amide bonds. The fourth-order valence-corrected chi connectivity index (χ4v) is 3.77. The average Bonchev–Trinajstić information content (AvgIpc) is 2.84. The average molecular weight is 272 g/mol. The third kappa shape index (κ3) is 2.41. The van der Waals surface area contributed by atoms with Crippen LogP contribution in [-0.2, 0) is 10.0 Å². The lowest BCUT2D eigenvalue weighted by atomic mass is 10.2. The molecule has 6 heteroatoms. The Hall–Kier alpha value is -0.980. The van der Waals surface area contributed by atoms with Crippen molar-refractivity contribution in [1.29, 1.82) is 0 Å². The smallest absolute Gasteiger partial charge is 0.243 e. The van der Waals surface area contributed by atoms with Gasteiger partial charge in [0.2, 0.25) is 10.0 Å². The van der Waals surface area contributed by atoms with Gasteiger partial charge < -0.3 is 5.32 Å². The van der Waals surface area contributed by atoms with Crippen LogP contribution in [0, 0.1) is 12.7 Å². The number of aryl methyl sites for hydroxylation is 1. The van der Waals surface area contributed by atoms with E-state index in [1.807, 2.05) is 0 Å². The summed E-state index contributed by atoms with van der Waals surface area (Å²) >= 11 is 0. The molecule has 1 fully saturated rings. The summed E-state index contributed by atoms with van der Waals surface area (Å²) in [6.45, 7) is 3.13. The van der Waals surface area contributed by atoms with Crippen LogP contribution in [0.15, 0.2) is 23.1 Å². The quantitative estimate of drug-likeness (QED) is 0.897. The molecule has 0 aliphatic carbocycles. The summed E-state index contributed by atoms with van der Waals surface area (Å²) in [6, 6.07) is 3.79. The first-order valence-corrected chi connectivity index (χ1v) is 7.32. The van der Waals surface area contributed by atoms with Crippen molar-refractivity contribution in [2.24, 2.45) is 0 Å². The molecule has 1 heterocycles. The maximum absolute atomic E-state index is 13.2. The Morgan fingerprint density at radius 1 is 1.44 bits per heavy atom. The van der Waals surface area contributed by atoms with Crippen molar-refractivity contribution < 1.29 is 12.8 Å². The number of halogens is 1. The Kier molecular flexibility index (Phi) is 3.70. The molecule has 0 saturated carbocycles. The highest BCUT2D eigenvalue weighted by Crippen LogP contribution is 2.23. The second-order valence-corrected chi connectivity index (χ2v) is 6.54. The van der Waals surface area contributed by atoms with E-state index in [1.54, 1.807) is 14.0 Å². The van der Waals surface area contributed by atoms with Crippen molar-refractivity contribution in [2.75, 3.05) is 20.1 Å². The predicted octanol–water partition coefficient (Wildman–Crippen LogP) is 1.12. The Bertz CT molecular complexity index is 539. The zero-order valence-corrected chi connectivity index (χ0v) is 11.3. The molecule has 1 saturated heterocycles. The molecule has 18 heavy (non-hydrogen) atoms. The number of hydrogen-bond acceptors (Lipinski definition) is 3. The van der Waals surface area contributed by atoms with Crippen LogP contribution in [0.3, 0.4) is 0 Å². The number of rotatable bonds is 3. The van der Waals surface area contributed by atoms with Crippen molar-refractivity contribution in [1.82, 2.24) is 9.62 Å². The van der Waals surface area contributed by atoms with Gasteiger partial charge >= 0.3 is 0 Å². The molecular formula is C12H17FN2O2S. The zero-order chi connectivity index (χ0) is 13.3. The Balaban J connectivity index is 2.37. The van der Waals surface area contributed by atoms with Gasteiger partial charge in [-0.2, -0.15) is 4.31 Å². The minimum absolute atomic E-state index is 0.0527. The molecule has 4 nitrogen and oxygen atoms in total. The summed E-state index contributed by atoms with van der Waals surface area (Å²) in [7, 11) is -2.07. The molecule has 0 bridgehead atoms. The summed E-state index contributed by atoms with van der Waals surface area (Å²) in [5.41, 5.74) is 0.564. The minimum Gasteiger partial charge on any atom is -0.315 e. The van der Waals surface area contributed by atoms with Gasteiger partial charge in [-0.3, -0.25) is 0 Å². The van der Waals surface area contributed by atoms with Crippen LogP contribution in [0.5, 0.6) is 0 Å². The van der Waals surface area contributed by atoms with Gasteiger partial charge in [-0.05, 0) is 37.6 Å². The Morgan fingerprint density at radius 3 is 2.78 bits per heavy atom.